The molecule has 2 aromatic rings. The number of thioether (sulfide) groups is 1. The number of rotatable bonds is 17. The molecule has 0 aliphatic heterocycles. The number of hydrogen-bond donors (Lipinski definition) is 0. The van der Waals surface area contributed by atoms with Crippen molar-refractivity contribution >= 4 is 23.7 Å². The van der Waals surface area contributed by atoms with Crippen LogP contribution in [-0.2, 0) is 20.7 Å². The average molecular weight is 499 g/mol. The maximum absolute atomic E-state index is 12.4. The first-order chi connectivity index (χ1) is 17.1. The molecule has 0 aliphatic carbocycles. The summed E-state index contributed by atoms with van der Waals surface area (Å²) in [6.07, 6.45) is 13.1. The minimum atomic E-state index is -0.318. The molecule has 0 amide bonds. The van der Waals surface area contributed by atoms with Crippen LogP contribution in [0.25, 0.3) is 0 Å². The number of carbonyl (C=O) groups excluding carboxylic acids is 2. The van der Waals surface area contributed by atoms with E-state index < -0.39 is 0 Å². The van der Waals surface area contributed by atoms with Gasteiger partial charge in [-0.3, -0.25) is 4.79 Å². The van der Waals surface area contributed by atoms with Crippen LogP contribution < -0.4 is 0 Å². The van der Waals surface area contributed by atoms with Crippen molar-refractivity contribution in [3.05, 3.63) is 65.2 Å². The number of methoxy groups -OCH3 is 2. The summed E-state index contributed by atoms with van der Waals surface area (Å²) in [6, 6.07) is 16.0. The molecule has 0 aromatic heterocycles. The Morgan fingerprint density at radius 2 is 1.43 bits per heavy atom. The van der Waals surface area contributed by atoms with Crippen LogP contribution in [-0.4, -0.2) is 31.9 Å². The van der Waals surface area contributed by atoms with Crippen molar-refractivity contribution in [1.82, 2.24) is 0 Å². The van der Waals surface area contributed by atoms with Gasteiger partial charge in [-0.1, -0.05) is 76.1 Å². The summed E-state index contributed by atoms with van der Waals surface area (Å²) in [6.45, 7) is 2.25. The lowest BCUT2D eigenvalue weighted by molar-refractivity contribution is -0.142. The zero-order chi connectivity index (χ0) is 25.3. The minimum absolute atomic E-state index is 0.157. The molecule has 0 aliphatic rings. The number of hydrogen-bond acceptors (Lipinski definition) is 5. The van der Waals surface area contributed by atoms with Gasteiger partial charge in [-0.15, -0.1) is 11.8 Å². The fourth-order valence-corrected chi connectivity index (χ4v) is 5.12. The highest BCUT2D eigenvalue weighted by Gasteiger charge is 2.21. The van der Waals surface area contributed by atoms with Crippen LogP contribution in [0.15, 0.2) is 53.4 Å². The van der Waals surface area contributed by atoms with Crippen LogP contribution in [0.1, 0.15) is 98.5 Å². The molecule has 0 spiro atoms. The van der Waals surface area contributed by atoms with E-state index in [0.717, 1.165) is 41.9 Å². The summed E-state index contributed by atoms with van der Waals surface area (Å²) in [5.41, 5.74) is 2.96. The molecule has 0 N–H and O–H groups in total. The molecule has 1 unspecified atom stereocenters. The van der Waals surface area contributed by atoms with Gasteiger partial charge in [0.2, 0.25) is 0 Å². The molecular formula is C30H42O4S. The summed E-state index contributed by atoms with van der Waals surface area (Å²) in [4.78, 5) is 25.1. The van der Waals surface area contributed by atoms with Crippen LogP contribution in [0.2, 0.25) is 0 Å². The van der Waals surface area contributed by atoms with Crippen LogP contribution in [0.4, 0.5) is 0 Å². The van der Waals surface area contributed by atoms with E-state index in [-0.39, 0.29) is 17.9 Å². The lowest BCUT2D eigenvalue weighted by atomic mass is 9.92. The Morgan fingerprint density at radius 1 is 0.771 bits per heavy atom. The van der Waals surface area contributed by atoms with Gasteiger partial charge in [-0.25, -0.2) is 4.79 Å². The van der Waals surface area contributed by atoms with Gasteiger partial charge in [-0.05, 0) is 66.8 Å². The Labute approximate surface area is 216 Å². The Kier molecular flexibility index (Phi) is 14.2. The van der Waals surface area contributed by atoms with Gasteiger partial charge in [0.25, 0.3) is 0 Å². The van der Waals surface area contributed by atoms with Crippen LogP contribution in [0, 0.1) is 0 Å². The lowest BCUT2D eigenvalue weighted by Gasteiger charge is -2.15. The van der Waals surface area contributed by atoms with Crippen molar-refractivity contribution in [2.75, 3.05) is 20.0 Å². The second-order valence-electron chi connectivity index (χ2n) is 9.05. The quantitative estimate of drug-likeness (QED) is 0.126. The summed E-state index contributed by atoms with van der Waals surface area (Å²) in [5.74, 6) is 0.275. The largest absolute Gasteiger partial charge is 0.469 e. The summed E-state index contributed by atoms with van der Waals surface area (Å²) < 4.78 is 9.84. The Balaban J connectivity index is 1.74. The van der Waals surface area contributed by atoms with Crippen molar-refractivity contribution in [3.8, 4) is 0 Å². The first-order valence-corrected chi connectivity index (χ1v) is 14.1. The molecule has 2 rings (SSSR count). The molecule has 192 valence electrons. The van der Waals surface area contributed by atoms with E-state index in [0.29, 0.717) is 5.56 Å². The van der Waals surface area contributed by atoms with E-state index in [9.17, 15) is 9.59 Å². The molecule has 1 atom stereocenters. The molecule has 0 saturated carbocycles. The second kappa shape index (κ2) is 17.2. The fraction of sp³-hybridized carbons (Fsp3) is 0.533. The highest BCUT2D eigenvalue weighted by Crippen LogP contribution is 2.26. The van der Waals surface area contributed by atoms with Gasteiger partial charge >= 0.3 is 11.9 Å². The molecule has 0 bridgehead atoms. The van der Waals surface area contributed by atoms with Crippen molar-refractivity contribution in [2.24, 2.45) is 0 Å². The van der Waals surface area contributed by atoms with Gasteiger partial charge in [0.1, 0.15) is 0 Å². The molecule has 0 heterocycles. The smallest absolute Gasteiger partial charge is 0.337 e. The third-order valence-corrected chi connectivity index (χ3v) is 7.47. The summed E-state index contributed by atoms with van der Waals surface area (Å²) in [7, 11) is 2.86. The standard InChI is InChI=1S/C30H42O4S/c1-4-5-6-7-8-9-10-13-24-15-17-25(18-16-24)28(30(32)34-3)14-11-12-23-35-27-21-19-26(20-22-27)29(31)33-2/h15-22,28H,4-14,23H2,1-3H3. The lowest BCUT2D eigenvalue weighted by Crippen LogP contribution is -2.14. The van der Waals surface area contributed by atoms with Crippen molar-refractivity contribution in [1.29, 1.82) is 0 Å². The normalized spacial score (nSPS) is 11.7. The maximum Gasteiger partial charge on any atom is 0.337 e. The summed E-state index contributed by atoms with van der Waals surface area (Å²) >= 11 is 1.76. The third kappa shape index (κ3) is 10.9. The van der Waals surface area contributed by atoms with Crippen molar-refractivity contribution < 1.29 is 19.1 Å². The predicted molar refractivity (Wildman–Crippen MR) is 145 cm³/mol. The summed E-state index contributed by atoms with van der Waals surface area (Å²) in [5, 5.41) is 0. The Hall–Kier alpha value is -2.27. The molecule has 0 radical (unpaired) electrons. The van der Waals surface area contributed by atoms with Gasteiger partial charge in [-0.2, -0.15) is 0 Å². The van der Waals surface area contributed by atoms with Crippen molar-refractivity contribution in [3.63, 3.8) is 0 Å². The average Bonchev–Trinajstić information content (AvgIpc) is 2.90. The monoisotopic (exact) mass is 498 g/mol. The predicted octanol–water partition coefficient (Wildman–Crippen LogP) is 7.99. The van der Waals surface area contributed by atoms with Crippen LogP contribution in [0.3, 0.4) is 0 Å². The number of aryl methyl sites for hydroxylation is 1. The van der Waals surface area contributed by atoms with E-state index in [1.165, 1.54) is 64.7 Å². The Bertz CT molecular complexity index is 861. The van der Waals surface area contributed by atoms with Crippen LogP contribution in [0.5, 0.6) is 0 Å². The van der Waals surface area contributed by atoms with Gasteiger partial charge < -0.3 is 9.47 Å². The number of ether oxygens (including phenoxy) is 2. The molecule has 4 nitrogen and oxygen atoms in total. The first kappa shape index (κ1) is 29.0. The highest BCUT2D eigenvalue weighted by molar-refractivity contribution is 7.99. The van der Waals surface area contributed by atoms with E-state index in [4.69, 9.17) is 9.47 Å². The SMILES string of the molecule is CCCCCCCCCc1ccc(C(CCCCSc2ccc(C(=O)OC)cc2)C(=O)OC)cc1. The Morgan fingerprint density at radius 3 is 2.06 bits per heavy atom. The third-order valence-electron chi connectivity index (χ3n) is 6.37. The fourth-order valence-electron chi connectivity index (χ4n) is 4.21. The zero-order valence-electron chi connectivity index (χ0n) is 21.7. The van der Waals surface area contributed by atoms with Crippen molar-refractivity contribution in [2.45, 2.75) is 88.4 Å². The van der Waals surface area contributed by atoms with Gasteiger partial charge in [0.15, 0.2) is 0 Å². The molecule has 2 aromatic carbocycles. The van der Waals surface area contributed by atoms with E-state index in [1.54, 1.807) is 23.9 Å². The minimum Gasteiger partial charge on any atom is -0.469 e. The van der Waals surface area contributed by atoms with Gasteiger partial charge in [0.05, 0.1) is 25.7 Å². The number of esters is 2. The zero-order valence-corrected chi connectivity index (χ0v) is 22.5. The van der Waals surface area contributed by atoms with E-state index in [1.807, 2.05) is 12.1 Å². The topological polar surface area (TPSA) is 52.6 Å². The second-order valence-corrected chi connectivity index (χ2v) is 10.2. The van der Waals surface area contributed by atoms with Crippen LogP contribution >= 0.6 is 11.8 Å². The highest BCUT2D eigenvalue weighted by atomic mass is 32.2. The van der Waals surface area contributed by atoms with E-state index >= 15 is 0 Å². The number of benzene rings is 2. The molecular weight excluding hydrogens is 456 g/mol. The number of unbranched alkanes of at least 4 members (excludes halogenated alkanes) is 7. The molecule has 35 heavy (non-hydrogen) atoms. The number of carbonyl (C=O) groups is 2. The molecule has 0 saturated heterocycles. The molecule has 0 fully saturated rings. The first-order valence-electron chi connectivity index (χ1n) is 13.1. The van der Waals surface area contributed by atoms with E-state index in [2.05, 4.69) is 31.2 Å². The maximum atomic E-state index is 12.4. The molecule has 5 heteroatoms. The van der Waals surface area contributed by atoms with Gasteiger partial charge in [0, 0.05) is 4.90 Å².